The van der Waals surface area contributed by atoms with E-state index in [9.17, 15) is 4.79 Å². The van der Waals surface area contributed by atoms with Crippen LogP contribution < -0.4 is 0 Å². The van der Waals surface area contributed by atoms with Crippen molar-refractivity contribution in [1.29, 1.82) is 0 Å². The Labute approximate surface area is 68.2 Å². The van der Waals surface area contributed by atoms with Gasteiger partial charge in [0.2, 0.25) is 0 Å². The average molecular weight is 152 g/mol. The van der Waals surface area contributed by atoms with Crippen molar-refractivity contribution < 1.29 is 4.79 Å². The normalized spacial score (nSPS) is 49.8. The zero-order valence-electron chi connectivity index (χ0n) is 7.39. The molecule has 0 aliphatic heterocycles. The van der Waals surface area contributed by atoms with Crippen molar-refractivity contribution in [2.24, 2.45) is 17.3 Å². The molecule has 0 heterocycles. The molecule has 3 unspecified atom stereocenters. The maximum Gasteiger partial charge on any atom is 0.136 e. The third-order valence-electron chi connectivity index (χ3n) is 3.85. The summed E-state index contributed by atoms with van der Waals surface area (Å²) in [4.78, 5) is 11.4. The van der Waals surface area contributed by atoms with Crippen LogP contribution in [0.15, 0.2) is 0 Å². The summed E-state index contributed by atoms with van der Waals surface area (Å²) < 4.78 is 0. The van der Waals surface area contributed by atoms with Crippen molar-refractivity contribution in [3.05, 3.63) is 0 Å². The van der Waals surface area contributed by atoms with Gasteiger partial charge in [0.05, 0.1) is 0 Å². The molecule has 0 amide bonds. The van der Waals surface area contributed by atoms with Crippen LogP contribution in [0.1, 0.15) is 39.5 Å². The van der Waals surface area contributed by atoms with Gasteiger partial charge in [-0.15, -0.1) is 0 Å². The zero-order valence-corrected chi connectivity index (χ0v) is 7.39. The second-order valence-electron chi connectivity index (χ2n) is 4.58. The van der Waals surface area contributed by atoms with Crippen LogP contribution in [0.5, 0.6) is 0 Å². The van der Waals surface area contributed by atoms with Crippen molar-refractivity contribution in [3.8, 4) is 0 Å². The number of Topliss-reactive ketones (excluding diaryl/α,β-unsaturated/α-hetero) is 1. The minimum Gasteiger partial charge on any atom is -0.299 e. The molecule has 2 aliphatic rings. The molecule has 0 aromatic heterocycles. The molecule has 3 atom stereocenters. The van der Waals surface area contributed by atoms with Gasteiger partial charge in [0.15, 0.2) is 0 Å². The van der Waals surface area contributed by atoms with Crippen LogP contribution in [0.2, 0.25) is 0 Å². The topological polar surface area (TPSA) is 17.1 Å². The summed E-state index contributed by atoms with van der Waals surface area (Å²) in [6.45, 7) is 4.41. The Morgan fingerprint density at radius 3 is 2.91 bits per heavy atom. The molecule has 0 N–H and O–H groups in total. The molecule has 0 spiro atoms. The van der Waals surface area contributed by atoms with Crippen molar-refractivity contribution in [2.45, 2.75) is 39.5 Å². The highest BCUT2D eigenvalue weighted by molar-refractivity contribution is 5.84. The van der Waals surface area contributed by atoms with Gasteiger partial charge in [-0.2, -0.15) is 0 Å². The van der Waals surface area contributed by atoms with E-state index in [1.165, 1.54) is 19.3 Å². The van der Waals surface area contributed by atoms with E-state index in [0.29, 0.717) is 17.1 Å². The Balaban J connectivity index is 2.28. The van der Waals surface area contributed by atoms with Gasteiger partial charge in [0, 0.05) is 12.3 Å². The number of carbonyl (C=O) groups is 1. The van der Waals surface area contributed by atoms with Gasteiger partial charge < -0.3 is 0 Å². The SMILES string of the molecule is CC1C(=O)CC2(C)CCCC12. The van der Waals surface area contributed by atoms with E-state index in [-0.39, 0.29) is 0 Å². The number of fused-ring (bicyclic) bond motifs is 1. The molecule has 62 valence electrons. The summed E-state index contributed by atoms with van der Waals surface area (Å²) in [6.07, 6.45) is 4.79. The molecule has 0 aromatic carbocycles. The first kappa shape index (κ1) is 7.33. The van der Waals surface area contributed by atoms with Crippen LogP contribution in [-0.2, 0) is 4.79 Å². The molecule has 2 rings (SSSR count). The minimum atomic E-state index is 0.363. The summed E-state index contributed by atoms with van der Waals surface area (Å²) >= 11 is 0. The van der Waals surface area contributed by atoms with Crippen molar-refractivity contribution >= 4 is 5.78 Å². The minimum absolute atomic E-state index is 0.363. The lowest BCUT2D eigenvalue weighted by Crippen LogP contribution is -2.17. The molecular weight excluding hydrogens is 136 g/mol. The van der Waals surface area contributed by atoms with Crippen LogP contribution in [0, 0.1) is 17.3 Å². The molecular formula is C10H16O. The number of rotatable bonds is 0. The number of ketones is 1. The molecule has 2 aliphatic carbocycles. The monoisotopic (exact) mass is 152 g/mol. The Hall–Kier alpha value is -0.330. The van der Waals surface area contributed by atoms with Crippen LogP contribution >= 0.6 is 0 Å². The van der Waals surface area contributed by atoms with E-state index in [1.54, 1.807) is 0 Å². The van der Waals surface area contributed by atoms with E-state index in [0.717, 1.165) is 12.3 Å². The fraction of sp³-hybridized carbons (Fsp3) is 0.900. The smallest absolute Gasteiger partial charge is 0.136 e. The average Bonchev–Trinajstić information content (AvgIpc) is 2.36. The van der Waals surface area contributed by atoms with Gasteiger partial charge in [-0.1, -0.05) is 20.3 Å². The molecule has 1 heteroatoms. The highest BCUT2D eigenvalue weighted by Crippen LogP contribution is 2.54. The lowest BCUT2D eigenvalue weighted by Gasteiger charge is -2.23. The van der Waals surface area contributed by atoms with Gasteiger partial charge in [0.1, 0.15) is 5.78 Å². The fourth-order valence-electron chi connectivity index (χ4n) is 3.12. The third kappa shape index (κ3) is 0.863. The maximum atomic E-state index is 11.4. The van der Waals surface area contributed by atoms with Gasteiger partial charge in [-0.25, -0.2) is 0 Å². The standard InChI is InChI=1S/C10H16O/c1-7-8-4-3-5-10(8,2)6-9(7)11/h7-8H,3-6H2,1-2H3. The van der Waals surface area contributed by atoms with Gasteiger partial charge in [0.25, 0.3) is 0 Å². The number of carbonyl (C=O) groups excluding carboxylic acids is 1. The fourth-order valence-corrected chi connectivity index (χ4v) is 3.12. The van der Waals surface area contributed by atoms with E-state index in [1.807, 2.05) is 0 Å². The molecule has 2 fully saturated rings. The van der Waals surface area contributed by atoms with Crippen LogP contribution in [0.4, 0.5) is 0 Å². The first-order valence-electron chi connectivity index (χ1n) is 4.66. The molecule has 0 saturated heterocycles. The van der Waals surface area contributed by atoms with E-state index in [4.69, 9.17) is 0 Å². The maximum absolute atomic E-state index is 11.4. The largest absolute Gasteiger partial charge is 0.299 e. The number of hydrogen-bond donors (Lipinski definition) is 0. The molecule has 2 saturated carbocycles. The second-order valence-corrected chi connectivity index (χ2v) is 4.58. The predicted octanol–water partition coefficient (Wildman–Crippen LogP) is 2.40. The Morgan fingerprint density at radius 2 is 2.27 bits per heavy atom. The Morgan fingerprint density at radius 1 is 1.55 bits per heavy atom. The van der Waals surface area contributed by atoms with E-state index in [2.05, 4.69) is 13.8 Å². The first-order chi connectivity index (χ1) is 5.13. The van der Waals surface area contributed by atoms with Crippen LogP contribution in [0.3, 0.4) is 0 Å². The lowest BCUT2D eigenvalue weighted by molar-refractivity contribution is -0.121. The highest BCUT2D eigenvalue weighted by Gasteiger charge is 2.50. The Kier molecular flexibility index (Phi) is 1.39. The molecule has 0 aromatic rings. The predicted molar refractivity (Wildman–Crippen MR) is 44.2 cm³/mol. The van der Waals surface area contributed by atoms with Gasteiger partial charge in [-0.3, -0.25) is 4.79 Å². The first-order valence-corrected chi connectivity index (χ1v) is 4.66. The second kappa shape index (κ2) is 2.09. The Bertz CT molecular complexity index is 197. The zero-order chi connectivity index (χ0) is 8.06. The highest BCUT2D eigenvalue weighted by atomic mass is 16.1. The van der Waals surface area contributed by atoms with E-state index >= 15 is 0 Å². The van der Waals surface area contributed by atoms with E-state index < -0.39 is 0 Å². The summed E-state index contributed by atoms with van der Waals surface area (Å²) in [7, 11) is 0. The van der Waals surface area contributed by atoms with Crippen LogP contribution in [-0.4, -0.2) is 5.78 Å². The quantitative estimate of drug-likeness (QED) is 0.521. The van der Waals surface area contributed by atoms with Gasteiger partial charge in [-0.05, 0) is 24.2 Å². The summed E-state index contributed by atoms with van der Waals surface area (Å²) in [5, 5.41) is 0. The third-order valence-corrected chi connectivity index (χ3v) is 3.85. The van der Waals surface area contributed by atoms with Crippen LogP contribution in [0.25, 0.3) is 0 Å². The van der Waals surface area contributed by atoms with Crippen molar-refractivity contribution in [2.75, 3.05) is 0 Å². The number of hydrogen-bond acceptors (Lipinski definition) is 1. The summed E-state index contributed by atoms with van der Waals surface area (Å²) in [6, 6.07) is 0. The molecule has 0 radical (unpaired) electrons. The van der Waals surface area contributed by atoms with Gasteiger partial charge >= 0.3 is 0 Å². The van der Waals surface area contributed by atoms with Crippen molar-refractivity contribution in [3.63, 3.8) is 0 Å². The van der Waals surface area contributed by atoms with Crippen molar-refractivity contribution in [1.82, 2.24) is 0 Å². The summed E-state index contributed by atoms with van der Waals surface area (Å²) in [5.41, 5.74) is 0.399. The molecule has 11 heavy (non-hydrogen) atoms. The summed E-state index contributed by atoms with van der Waals surface area (Å²) in [5.74, 6) is 1.59. The molecule has 0 bridgehead atoms. The molecule has 1 nitrogen and oxygen atoms in total. The lowest BCUT2D eigenvalue weighted by atomic mass is 9.80.